The van der Waals surface area contributed by atoms with E-state index in [2.05, 4.69) is 15.6 Å². The van der Waals surface area contributed by atoms with Crippen LogP contribution in [0, 0.1) is 0 Å². The predicted octanol–water partition coefficient (Wildman–Crippen LogP) is 3.92. The van der Waals surface area contributed by atoms with Gasteiger partial charge in [-0.25, -0.2) is 19.4 Å². The van der Waals surface area contributed by atoms with E-state index in [1.807, 2.05) is 18.2 Å². The molecule has 8 nitrogen and oxygen atoms in total. The molecule has 2 N–H and O–H groups in total. The van der Waals surface area contributed by atoms with Gasteiger partial charge in [0, 0.05) is 10.4 Å². The number of esters is 2. The number of benzene rings is 2. The fourth-order valence-corrected chi connectivity index (χ4v) is 3.60. The van der Waals surface area contributed by atoms with Gasteiger partial charge in [-0.3, -0.25) is 0 Å². The van der Waals surface area contributed by atoms with Gasteiger partial charge in [0.1, 0.15) is 12.3 Å². The lowest BCUT2D eigenvalue weighted by molar-refractivity contribution is -0.139. The zero-order valence-electron chi connectivity index (χ0n) is 17.6. The van der Waals surface area contributed by atoms with Crippen molar-refractivity contribution in [2.75, 3.05) is 13.2 Å². The highest BCUT2D eigenvalue weighted by atomic mass is 35.5. The van der Waals surface area contributed by atoms with Crippen molar-refractivity contribution < 1.29 is 23.9 Å². The number of rotatable bonds is 6. The van der Waals surface area contributed by atoms with Crippen LogP contribution in [0.1, 0.15) is 29.0 Å². The number of hydrogen-bond acceptors (Lipinski definition) is 6. The van der Waals surface area contributed by atoms with Gasteiger partial charge in [0.2, 0.25) is 0 Å². The smallest absolute Gasteiger partial charge is 0.357 e. The van der Waals surface area contributed by atoms with Crippen molar-refractivity contribution in [3.63, 3.8) is 0 Å². The van der Waals surface area contributed by atoms with Gasteiger partial charge in [0.15, 0.2) is 0 Å². The second-order valence-corrected chi connectivity index (χ2v) is 7.60. The topological polar surface area (TPSA) is 107 Å². The van der Waals surface area contributed by atoms with Crippen LogP contribution >= 0.6 is 11.6 Å². The number of fused-ring (bicyclic) bond motifs is 1. The Hall–Kier alpha value is -3.91. The molecule has 2 heterocycles. The third-order valence-corrected chi connectivity index (χ3v) is 5.26. The minimum Gasteiger partial charge on any atom is -0.463 e. The summed E-state index contributed by atoms with van der Waals surface area (Å²) in [4.78, 5) is 42.1. The normalized spacial score (nSPS) is 15.6. The highest BCUT2D eigenvalue weighted by Gasteiger charge is 2.34. The van der Waals surface area contributed by atoms with Gasteiger partial charge in [-0.05, 0) is 36.8 Å². The van der Waals surface area contributed by atoms with Crippen LogP contribution < -0.4 is 10.6 Å². The third-order valence-electron chi connectivity index (χ3n) is 5.01. The van der Waals surface area contributed by atoms with Gasteiger partial charge in [-0.1, -0.05) is 48.0 Å². The second-order valence-electron chi connectivity index (χ2n) is 7.16. The van der Waals surface area contributed by atoms with Crippen LogP contribution in [-0.4, -0.2) is 36.2 Å². The largest absolute Gasteiger partial charge is 0.463 e. The first-order valence-corrected chi connectivity index (χ1v) is 10.6. The van der Waals surface area contributed by atoms with E-state index in [4.69, 9.17) is 21.1 Å². The fourth-order valence-electron chi connectivity index (χ4n) is 3.48. The van der Waals surface area contributed by atoms with Gasteiger partial charge >= 0.3 is 18.0 Å². The van der Waals surface area contributed by atoms with Crippen molar-refractivity contribution in [2.45, 2.75) is 13.0 Å². The monoisotopic (exact) mass is 465 g/mol. The van der Waals surface area contributed by atoms with Crippen molar-refractivity contribution in [2.24, 2.45) is 0 Å². The van der Waals surface area contributed by atoms with Crippen molar-refractivity contribution >= 4 is 40.5 Å². The first-order chi connectivity index (χ1) is 16.0. The fraction of sp³-hybridized carbons (Fsp3) is 0.167. The number of ether oxygens (including phenoxy) is 2. The Bertz CT molecular complexity index is 1260. The van der Waals surface area contributed by atoms with E-state index in [-0.39, 0.29) is 30.2 Å². The van der Waals surface area contributed by atoms with Crippen molar-refractivity contribution in [3.8, 4) is 0 Å². The summed E-state index contributed by atoms with van der Waals surface area (Å²) in [6, 6.07) is 16.0. The molecule has 0 saturated carbocycles. The summed E-state index contributed by atoms with van der Waals surface area (Å²) in [5, 5.41) is 6.66. The molecule has 2 amide bonds. The zero-order chi connectivity index (χ0) is 23.4. The summed E-state index contributed by atoms with van der Waals surface area (Å²) < 4.78 is 10.6. The number of pyridine rings is 1. The molecule has 0 spiro atoms. The number of hydrogen-bond donors (Lipinski definition) is 2. The maximum Gasteiger partial charge on any atom is 0.357 e. The number of urea groups is 1. The molecule has 33 heavy (non-hydrogen) atoms. The Morgan fingerprint density at radius 2 is 1.76 bits per heavy atom. The number of amides is 2. The maximum absolute atomic E-state index is 12.8. The summed E-state index contributed by atoms with van der Waals surface area (Å²) in [5.74, 6) is -1.33. The first-order valence-electron chi connectivity index (χ1n) is 10.2. The summed E-state index contributed by atoms with van der Waals surface area (Å²) in [7, 11) is 0. The van der Waals surface area contributed by atoms with Crippen molar-refractivity contribution in [1.29, 1.82) is 0 Å². The molecule has 168 valence electrons. The van der Waals surface area contributed by atoms with Crippen LogP contribution in [0.5, 0.6) is 0 Å². The molecule has 1 aliphatic heterocycles. The number of aromatic nitrogens is 1. The molecule has 3 aromatic rings. The Kier molecular flexibility index (Phi) is 6.55. The number of carbonyl (C=O) groups is 3. The molecule has 0 saturated heterocycles. The molecule has 1 aliphatic rings. The lowest BCUT2D eigenvalue weighted by Crippen LogP contribution is -2.47. The number of halogens is 1. The summed E-state index contributed by atoms with van der Waals surface area (Å²) in [6.07, 6.45) is 0. The Labute approximate surface area is 194 Å². The van der Waals surface area contributed by atoms with E-state index in [0.717, 1.165) is 5.39 Å². The Morgan fingerprint density at radius 3 is 2.52 bits per heavy atom. The Balaban J connectivity index is 1.63. The minimum absolute atomic E-state index is 0.112. The first kappa shape index (κ1) is 22.3. The van der Waals surface area contributed by atoms with Gasteiger partial charge in [-0.2, -0.15) is 0 Å². The molecule has 4 rings (SSSR count). The summed E-state index contributed by atoms with van der Waals surface area (Å²) >= 11 is 5.97. The molecule has 0 bridgehead atoms. The SMILES string of the molecule is CCOC(=O)C1=C(COC(=O)c2ccc3ccccc3n2)NC(=O)NC1c1ccc(Cl)cc1. The summed E-state index contributed by atoms with van der Waals surface area (Å²) in [6.45, 7) is 1.46. The number of para-hydroxylation sites is 1. The van der Waals surface area contributed by atoms with E-state index in [0.29, 0.717) is 16.1 Å². The Morgan fingerprint density at radius 1 is 1.00 bits per heavy atom. The molecule has 1 atom stereocenters. The molecule has 9 heteroatoms. The molecule has 1 unspecified atom stereocenters. The summed E-state index contributed by atoms with van der Waals surface area (Å²) in [5.41, 5.74) is 1.65. The van der Waals surface area contributed by atoms with Crippen LogP contribution in [0.25, 0.3) is 10.9 Å². The second kappa shape index (κ2) is 9.70. The van der Waals surface area contributed by atoms with Crippen LogP contribution in [0.4, 0.5) is 4.79 Å². The average Bonchev–Trinajstić information content (AvgIpc) is 2.82. The van der Waals surface area contributed by atoms with Gasteiger partial charge in [-0.15, -0.1) is 0 Å². The lowest BCUT2D eigenvalue weighted by Gasteiger charge is -2.29. The van der Waals surface area contributed by atoms with Crippen LogP contribution in [0.2, 0.25) is 5.02 Å². The van der Waals surface area contributed by atoms with Crippen LogP contribution in [0.15, 0.2) is 71.9 Å². The zero-order valence-corrected chi connectivity index (χ0v) is 18.4. The van der Waals surface area contributed by atoms with E-state index in [1.54, 1.807) is 49.4 Å². The number of carbonyl (C=O) groups excluding carboxylic acids is 3. The molecule has 0 aliphatic carbocycles. The van der Waals surface area contributed by atoms with E-state index < -0.39 is 24.0 Å². The molecule has 1 aromatic heterocycles. The average molecular weight is 466 g/mol. The minimum atomic E-state index is -0.803. The standard InChI is InChI=1S/C24H20ClN3O5/c1-2-32-23(30)20-19(27-24(31)28-21(20)15-7-10-16(25)11-8-15)13-33-22(29)18-12-9-14-5-3-4-6-17(14)26-18/h3-12,21H,2,13H2,1H3,(H2,27,28,31). The van der Waals surface area contributed by atoms with E-state index in [1.165, 1.54) is 0 Å². The maximum atomic E-state index is 12.8. The third kappa shape index (κ3) is 4.96. The van der Waals surface area contributed by atoms with Crippen LogP contribution in [-0.2, 0) is 14.3 Å². The molecule has 2 aromatic carbocycles. The van der Waals surface area contributed by atoms with E-state index in [9.17, 15) is 14.4 Å². The highest BCUT2D eigenvalue weighted by Crippen LogP contribution is 2.29. The number of nitrogens with zero attached hydrogens (tertiary/aromatic N) is 1. The quantitative estimate of drug-likeness (QED) is 0.534. The molecular weight excluding hydrogens is 446 g/mol. The predicted molar refractivity (Wildman–Crippen MR) is 122 cm³/mol. The lowest BCUT2D eigenvalue weighted by atomic mass is 9.95. The van der Waals surface area contributed by atoms with Crippen molar-refractivity contribution in [1.82, 2.24) is 15.6 Å². The number of nitrogens with one attached hydrogen (secondary N) is 2. The molecular formula is C24H20ClN3O5. The van der Waals surface area contributed by atoms with Crippen LogP contribution in [0.3, 0.4) is 0 Å². The highest BCUT2D eigenvalue weighted by molar-refractivity contribution is 6.30. The van der Waals surface area contributed by atoms with E-state index >= 15 is 0 Å². The van der Waals surface area contributed by atoms with Gasteiger partial charge in [0.25, 0.3) is 0 Å². The molecule has 0 radical (unpaired) electrons. The van der Waals surface area contributed by atoms with Gasteiger partial charge < -0.3 is 20.1 Å². The van der Waals surface area contributed by atoms with Gasteiger partial charge in [0.05, 0.1) is 29.4 Å². The molecule has 0 fully saturated rings. The van der Waals surface area contributed by atoms with Crippen molar-refractivity contribution in [3.05, 3.63) is 88.2 Å².